The lowest BCUT2D eigenvalue weighted by atomic mass is 9.91. The van der Waals surface area contributed by atoms with Crippen molar-refractivity contribution in [3.8, 4) is 0 Å². The summed E-state index contributed by atoms with van der Waals surface area (Å²) >= 11 is 0. The van der Waals surface area contributed by atoms with Gasteiger partial charge in [0.1, 0.15) is 0 Å². The minimum Gasteiger partial charge on any atom is -0.322 e. The van der Waals surface area contributed by atoms with Crippen molar-refractivity contribution < 1.29 is 9.59 Å². The molecule has 3 rings (SSSR count). The highest BCUT2D eigenvalue weighted by Gasteiger charge is 2.22. The molecule has 2 aromatic rings. The van der Waals surface area contributed by atoms with Crippen LogP contribution in [0.5, 0.6) is 0 Å². The highest BCUT2D eigenvalue weighted by atomic mass is 16.2. The number of hydrogen-bond acceptors (Lipinski definition) is 3. The number of nitrogens with zero attached hydrogens (tertiary/aromatic N) is 1. The highest BCUT2D eigenvalue weighted by molar-refractivity contribution is 6.08. The molecule has 0 radical (unpaired) electrons. The molecule has 0 aliphatic carbocycles. The summed E-state index contributed by atoms with van der Waals surface area (Å²) in [7, 11) is 0. The number of hydrogen-bond donors (Lipinski definition) is 2. The molecule has 24 heavy (non-hydrogen) atoms. The van der Waals surface area contributed by atoms with Gasteiger partial charge in [-0.15, -0.1) is 0 Å². The first kappa shape index (κ1) is 15.9. The average molecular weight is 321 g/mol. The second-order valence-electron chi connectivity index (χ2n) is 5.99. The monoisotopic (exact) mass is 321 g/mol. The maximum atomic E-state index is 12.2. The first-order valence-corrected chi connectivity index (χ1v) is 7.88. The topological polar surface area (TPSA) is 70.6 Å². The van der Waals surface area contributed by atoms with Gasteiger partial charge < -0.3 is 5.32 Å². The van der Waals surface area contributed by atoms with E-state index in [9.17, 15) is 9.59 Å². The van der Waals surface area contributed by atoms with Crippen molar-refractivity contribution in [1.82, 2.24) is 5.43 Å². The van der Waals surface area contributed by atoms with Crippen molar-refractivity contribution in [3.63, 3.8) is 0 Å². The molecule has 1 heterocycles. The quantitative estimate of drug-likeness (QED) is 0.912. The van der Waals surface area contributed by atoms with Gasteiger partial charge in [0.15, 0.2) is 0 Å². The Bertz CT molecular complexity index is 813. The molecule has 0 saturated heterocycles. The van der Waals surface area contributed by atoms with Gasteiger partial charge in [0.05, 0.1) is 5.71 Å². The lowest BCUT2D eigenvalue weighted by molar-refractivity contribution is -0.121. The van der Waals surface area contributed by atoms with Crippen LogP contribution in [0.3, 0.4) is 0 Å². The van der Waals surface area contributed by atoms with Crippen molar-refractivity contribution in [2.75, 3.05) is 5.32 Å². The fourth-order valence-corrected chi connectivity index (χ4v) is 2.80. The SMILES string of the molecule is Cc1cc(NC(=O)c2ccccc2)ccc1C1=NNC(=O)CC1C. The summed E-state index contributed by atoms with van der Waals surface area (Å²) in [5, 5.41) is 7.09. The van der Waals surface area contributed by atoms with Gasteiger partial charge in [-0.3, -0.25) is 9.59 Å². The minimum absolute atomic E-state index is 0.0596. The van der Waals surface area contributed by atoms with E-state index in [0.717, 1.165) is 22.5 Å². The Hall–Kier alpha value is -2.95. The van der Waals surface area contributed by atoms with E-state index in [1.165, 1.54) is 0 Å². The van der Waals surface area contributed by atoms with Crippen LogP contribution in [0.4, 0.5) is 5.69 Å². The third kappa shape index (κ3) is 3.35. The zero-order chi connectivity index (χ0) is 17.1. The molecule has 5 heteroatoms. The second-order valence-corrected chi connectivity index (χ2v) is 5.99. The van der Waals surface area contributed by atoms with Gasteiger partial charge in [-0.1, -0.05) is 31.2 Å². The molecule has 2 N–H and O–H groups in total. The fraction of sp³-hybridized carbons (Fsp3) is 0.211. The van der Waals surface area contributed by atoms with Crippen molar-refractivity contribution in [1.29, 1.82) is 0 Å². The maximum absolute atomic E-state index is 12.2. The Labute approximate surface area is 140 Å². The summed E-state index contributed by atoms with van der Waals surface area (Å²) in [6, 6.07) is 14.8. The van der Waals surface area contributed by atoms with E-state index in [4.69, 9.17) is 0 Å². The summed E-state index contributed by atoms with van der Waals surface area (Å²) < 4.78 is 0. The lowest BCUT2D eigenvalue weighted by Crippen LogP contribution is -2.32. The van der Waals surface area contributed by atoms with E-state index in [-0.39, 0.29) is 17.7 Å². The molecule has 1 aliphatic rings. The number of amides is 2. The molecule has 0 aromatic heterocycles. The van der Waals surface area contributed by atoms with E-state index in [1.54, 1.807) is 12.1 Å². The molecule has 0 saturated carbocycles. The summed E-state index contributed by atoms with van der Waals surface area (Å²) in [6.07, 6.45) is 0.435. The number of anilines is 1. The first-order valence-electron chi connectivity index (χ1n) is 7.88. The molecule has 0 spiro atoms. The number of hydrazone groups is 1. The third-order valence-corrected chi connectivity index (χ3v) is 4.06. The Morgan fingerprint density at radius 1 is 1.21 bits per heavy atom. The van der Waals surface area contributed by atoms with Gasteiger partial charge in [-0.2, -0.15) is 5.10 Å². The Balaban J connectivity index is 1.80. The predicted molar refractivity (Wildman–Crippen MR) is 94.0 cm³/mol. The van der Waals surface area contributed by atoms with E-state index < -0.39 is 0 Å². The van der Waals surface area contributed by atoms with Crippen molar-refractivity contribution in [2.45, 2.75) is 20.3 Å². The van der Waals surface area contributed by atoms with Crippen LogP contribution in [-0.2, 0) is 4.79 Å². The van der Waals surface area contributed by atoms with Crippen molar-refractivity contribution >= 4 is 23.2 Å². The van der Waals surface area contributed by atoms with Gasteiger partial charge in [0.25, 0.3) is 5.91 Å². The molecule has 0 fully saturated rings. The first-order chi connectivity index (χ1) is 11.5. The van der Waals surface area contributed by atoms with E-state index in [1.807, 2.05) is 50.2 Å². The smallest absolute Gasteiger partial charge is 0.255 e. The van der Waals surface area contributed by atoms with Crippen LogP contribution in [0.1, 0.15) is 34.8 Å². The molecule has 122 valence electrons. The van der Waals surface area contributed by atoms with Crippen molar-refractivity contribution in [3.05, 3.63) is 65.2 Å². The van der Waals surface area contributed by atoms with Crippen LogP contribution in [0.15, 0.2) is 53.6 Å². The average Bonchev–Trinajstić information content (AvgIpc) is 2.57. The summed E-state index contributed by atoms with van der Waals surface area (Å²) in [6.45, 7) is 3.96. The molecule has 1 aliphatic heterocycles. The summed E-state index contributed by atoms with van der Waals surface area (Å²) in [4.78, 5) is 23.6. The number of carbonyl (C=O) groups excluding carboxylic acids is 2. The predicted octanol–water partition coefficient (Wildman–Crippen LogP) is 3.11. The molecular formula is C19H19N3O2. The third-order valence-electron chi connectivity index (χ3n) is 4.06. The van der Waals surface area contributed by atoms with Gasteiger partial charge in [-0.25, -0.2) is 5.43 Å². The Kier molecular flexibility index (Phi) is 4.42. The number of aryl methyl sites for hydroxylation is 1. The Morgan fingerprint density at radius 3 is 2.62 bits per heavy atom. The normalized spacial score (nSPS) is 17.0. The molecule has 2 amide bonds. The maximum Gasteiger partial charge on any atom is 0.255 e. The zero-order valence-electron chi connectivity index (χ0n) is 13.7. The number of carbonyl (C=O) groups is 2. The highest BCUT2D eigenvalue weighted by Crippen LogP contribution is 2.22. The number of rotatable bonds is 3. The van der Waals surface area contributed by atoms with Gasteiger partial charge in [0, 0.05) is 29.2 Å². The van der Waals surface area contributed by atoms with Gasteiger partial charge in [-0.05, 0) is 36.8 Å². The van der Waals surface area contributed by atoms with Gasteiger partial charge in [0.2, 0.25) is 5.91 Å². The van der Waals surface area contributed by atoms with E-state index in [2.05, 4.69) is 15.8 Å². The molecular weight excluding hydrogens is 302 g/mol. The van der Waals surface area contributed by atoms with Gasteiger partial charge >= 0.3 is 0 Å². The van der Waals surface area contributed by atoms with Crippen LogP contribution >= 0.6 is 0 Å². The second kappa shape index (κ2) is 6.66. The zero-order valence-corrected chi connectivity index (χ0v) is 13.7. The van der Waals surface area contributed by atoms with E-state index in [0.29, 0.717) is 12.0 Å². The van der Waals surface area contributed by atoms with Crippen LogP contribution in [-0.4, -0.2) is 17.5 Å². The lowest BCUT2D eigenvalue weighted by Gasteiger charge is -2.21. The molecule has 2 aromatic carbocycles. The minimum atomic E-state index is -0.140. The summed E-state index contributed by atoms with van der Waals surface area (Å²) in [5.41, 5.74) is 6.75. The number of benzene rings is 2. The van der Waals surface area contributed by atoms with Crippen molar-refractivity contribution in [2.24, 2.45) is 11.0 Å². The number of nitrogens with one attached hydrogen (secondary N) is 2. The summed E-state index contributed by atoms with van der Waals surface area (Å²) in [5.74, 6) is -0.128. The largest absolute Gasteiger partial charge is 0.322 e. The van der Waals surface area contributed by atoms with Crippen LogP contribution in [0.25, 0.3) is 0 Å². The van der Waals surface area contributed by atoms with Crippen LogP contribution in [0, 0.1) is 12.8 Å². The standard InChI is InChI=1S/C19H19N3O2/c1-12-10-15(20-19(24)14-6-4-3-5-7-14)8-9-16(12)18-13(2)11-17(23)21-22-18/h3-10,13H,11H2,1-2H3,(H,20,24)(H,21,23). The van der Waals surface area contributed by atoms with Crippen LogP contribution in [0.2, 0.25) is 0 Å². The molecule has 1 unspecified atom stereocenters. The molecule has 0 bridgehead atoms. The molecule has 1 atom stereocenters. The molecule has 5 nitrogen and oxygen atoms in total. The Morgan fingerprint density at radius 2 is 1.96 bits per heavy atom. The van der Waals surface area contributed by atoms with Crippen LogP contribution < -0.4 is 10.7 Å². The van der Waals surface area contributed by atoms with E-state index >= 15 is 0 Å². The fourth-order valence-electron chi connectivity index (χ4n) is 2.80.